The van der Waals surface area contributed by atoms with E-state index in [9.17, 15) is 14.4 Å². The normalized spacial score (nSPS) is 10.8. The Kier molecular flexibility index (Phi) is 4.72. The number of aromatic nitrogens is 2. The Morgan fingerprint density at radius 2 is 1.52 bits per heavy atom. The predicted molar refractivity (Wildman–Crippen MR) is 97.1 cm³/mol. The first-order valence-electron chi connectivity index (χ1n) is 7.68. The zero-order valence-corrected chi connectivity index (χ0v) is 14.3. The molecule has 0 aliphatic heterocycles. The van der Waals surface area contributed by atoms with Crippen molar-refractivity contribution in [2.75, 3.05) is 7.05 Å². The van der Waals surface area contributed by atoms with Crippen LogP contribution in [-0.4, -0.2) is 22.1 Å². The quantitative estimate of drug-likeness (QED) is 0.721. The van der Waals surface area contributed by atoms with E-state index < -0.39 is 11.1 Å². The molecule has 2 aromatic carbocycles. The zero-order chi connectivity index (χ0) is 18.0. The van der Waals surface area contributed by atoms with E-state index in [1.165, 1.54) is 16.2 Å². The fraction of sp³-hybridized carbons (Fsp3) is 0.167. The molecule has 0 unspecified atom stereocenters. The zero-order valence-electron chi connectivity index (χ0n) is 13.5. The van der Waals surface area contributed by atoms with E-state index in [1.807, 2.05) is 0 Å². The molecule has 0 saturated carbocycles. The number of likely N-dealkylation sites (N-methyl/N-ethyl adjacent to an activating group) is 1. The highest BCUT2D eigenvalue weighted by atomic mass is 35.5. The van der Waals surface area contributed by atoms with Crippen LogP contribution in [0.4, 0.5) is 0 Å². The molecule has 3 rings (SSSR count). The predicted octanol–water partition coefficient (Wildman–Crippen LogP) is 1.61. The summed E-state index contributed by atoms with van der Waals surface area (Å²) in [5, 5.41) is 3.06. The summed E-state index contributed by atoms with van der Waals surface area (Å²) < 4.78 is 2.62. The van der Waals surface area contributed by atoms with Gasteiger partial charge in [-0.05, 0) is 29.8 Å². The lowest BCUT2D eigenvalue weighted by atomic mass is 10.2. The van der Waals surface area contributed by atoms with Crippen LogP contribution < -0.4 is 16.4 Å². The molecule has 1 N–H and O–H groups in total. The largest absolute Gasteiger partial charge is 0.358 e. The number of amides is 1. The minimum atomic E-state index is -0.726. The fourth-order valence-corrected chi connectivity index (χ4v) is 2.81. The minimum Gasteiger partial charge on any atom is -0.358 e. The molecule has 6 nitrogen and oxygen atoms in total. The molecule has 1 heterocycles. The maximum absolute atomic E-state index is 12.6. The average molecular weight is 358 g/mol. The number of halogens is 1. The van der Waals surface area contributed by atoms with Gasteiger partial charge in [0.25, 0.3) is 0 Å². The number of carbonyl (C=O) groups excluding carboxylic acids is 1. The number of nitrogens with one attached hydrogen (secondary N) is 1. The van der Waals surface area contributed by atoms with Crippen LogP contribution in [0.25, 0.3) is 11.0 Å². The van der Waals surface area contributed by atoms with Crippen LogP contribution in [0.1, 0.15) is 5.56 Å². The van der Waals surface area contributed by atoms with Gasteiger partial charge in [0.2, 0.25) is 5.91 Å². The van der Waals surface area contributed by atoms with Crippen molar-refractivity contribution in [1.82, 2.24) is 14.5 Å². The van der Waals surface area contributed by atoms with Crippen LogP contribution in [0.2, 0.25) is 5.02 Å². The summed E-state index contributed by atoms with van der Waals surface area (Å²) in [7, 11) is 1.48. The van der Waals surface area contributed by atoms with E-state index in [4.69, 9.17) is 11.6 Å². The second kappa shape index (κ2) is 6.94. The second-order valence-electron chi connectivity index (χ2n) is 5.57. The third-order valence-corrected chi connectivity index (χ3v) is 4.22. The molecule has 1 aromatic heterocycles. The maximum atomic E-state index is 12.6. The highest BCUT2D eigenvalue weighted by Crippen LogP contribution is 2.14. The van der Waals surface area contributed by atoms with Crippen LogP contribution in [0.15, 0.2) is 58.1 Å². The summed E-state index contributed by atoms with van der Waals surface area (Å²) in [5.74, 6) is -0.345. The van der Waals surface area contributed by atoms with E-state index in [2.05, 4.69) is 5.32 Å². The van der Waals surface area contributed by atoms with E-state index in [1.54, 1.807) is 48.5 Å². The van der Waals surface area contributed by atoms with Gasteiger partial charge in [-0.3, -0.25) is 23.5 Å². The van der Waals surface area contributed by atoms with Gasteiger partial charge in [-0.25, -0.2) is 0 Å². The molecule has 0 aliphatic carbocycles. The van der Waals surface area contributed by atoms with Gasteiger partial charge in [0, 0.05) is 12.1 Å². The van der Waals surface area contributed by atoms with Crippen LogP contribution in [0.5, 0.6) is 0 Å². The van der Waals surface area contributed by atoms with Crippen molar-refractivity contribution in [3.63, 3.8) is 0 Å². The number of fused-ring (bicyclic) bond motifs is 1. The number of nitrogens with zero attached hydrogens (tertiary/aromatic N) is 2. The Morgan fingerprint density at radius 1 is 0.960 bits per heavy atom. The standard InChI is InChI=1S/C18H16ClN3O3/c1-20-16(23)11-22-15-5-3-2-4-14(15)21(17(24)18(22)25)10-12-6-8-13(19)9-7-12/h2-9H,10-11H2,1H3,(H,20,23). The molecular weight excluding hydrogens is 342 g/mol. The molecule has 0 saturated heterocycles. The summed E-state index contributed by atoms with van der Waals surface area (Å²) >= 11 is 5.89. The molecular formula is C18H16ClN3O3. The Balaban J connectivity index is 2.20. The first kappa shape index (κ1) is 17.0. The molecule has 0 atom stereocenters. The summed E-state index contributed by atoms with van der Waals surface area (Å²) in [6, 6.07) is 14.1. The van der Waals surface area contributed by atoms with Crippen molar-refractivity contribution < 1.29 is 4.79 Å². The van der Waals surface area contributed by atoms with Gasteiger partial charge >= 0.3 is 11.1 Å². The first-order chi connectivity index (χ1) is 12.0. The van der Waals surface area contributed by atoms with E-state index in [-0.39, 0.29) is 19.0 Å². The maximum Gasteiger partial charge on any atom is 0.317 e. The molecule has 25 heavy (non-hydrogen) atoms. The van der Waals surface area contributed by atoms with Crippen LogP contribution >= 0.6 is 11.6 Å². The van der Waals surface area contributed by atoms with Gasteiger partial charge in [-0.2, -0.15) is 0 Å². The minimum absolute atomic E-state index is 0.202. The smallest absolute Gasteiger partial charge is 0.317 e. The fourth-order valence-electron chi connectivity index (χ4n) is 2.68. The van der Waals surface area contributed by atoms with Gasteiger partial charge in [0.1, 0.15) is 6.54 Å². The van der Waals surface area contributed by atoms with Crippen LogP contribution in [-0.2, 0) is 17.9 Å². The average Bonchev–Trinajstić information content (AvgIpc) is 2.63. The van der Waals surface area contributed by atoms with E-state index in [0.29, 0.717) is 16.1 Å². The molecule has 0 aliphatic rings. The van der Waals surface area contributed by atoms with Gasteiger partial charge in [-0.1, -0.05) is 35.9 Å². The topological polar surface area (TPSA) is 73.1 Å². The molecule has 0 fully saturated rings. The Labute approximate surface area is 148 Å². The Morgan fingerprint density at radius 3 is 2.12 bits per heavy atom. The van der Waals surface area contributed by atoms with Crippen molar-refractivity contribution in [3.05, 3.63) is 79.8 Å². The van der Waals surface area contributed by atoms with E-state index in [0.717, 1.165) is 5.56 Å². The third kappa shape index (κ3) is 3.34. The van der Waals surface area contributed by atoms with E-state index >= 15 is 0 Å². The van der Waals surface area contributed by atoms with Gasteiger partial charge < -0.3 is 5.32 Å². The van der Waals surface area contributed by atoms with Crippen molar-refractivity contribution in [2.24, 2.45) is 0 Å². The number of benzene rings is 2. The Hall–Kier alpha value is -2.86. The lowest BCUT2D eigenvalue weighted by Crippen LogP contribution is -2.43. The summed E-state index contributed by atoms with van der Waals surface area (Å²) in [5.41, 5.74) is 0.574. The highest BCUT2D eigenvalue weighted by molar-refractivity contribution is 6.30. The second-order valence-corrected chi connectivity index (χ2v) is 6.01. The number of hydrogen-bond acceptors (Lipinski definition) is 3. The monoisotopic (exact) mass is 357 g/mol. The van der Waals surface area contributed by atoms with Crippen LogP contribution in [0.3, 0.4) is 0 Å². The molecule has 1 amide bonds. The van der Waals surface area contributed by atoms with Crippen molar-refractivity contribution in [2.45, 2.75) is 13.1 Å². The number of hydrogen-bond donors (Lipinski definition) is 1. The summed E-state index contributed by atoms with van der Waals surface area (Å²) in [4.78, 5) is 36.8. The molecule has 0 radical (unpaired) electrons. The molecule has 0 bridgehead atoms. The van der Waals surface area contributed by atoms with Crippen LogP contribution in [0, 0.1) is 0 Å². The number of rotatable bonds is 4. The van der Waals surface area contributed by atoms with Gasteiger partial charge in [0.15, 0.2) is 0 Å². The van der Waals surface area contributed by atoms with Crippen molar-refractivity contribution in [1.29, 1.82) is 0 Å². The van der Waals surface area contributed by atoms with Crippen molar-refractivity contribution >= 4 is 28.5 Å². The Bertz CT molecular complexity index is 1050. The lowest BCUT2D eigenvalue weighted by molar-refractivity contribution is -0.121. The van der Waals surface area contributed by atoms with Gasteiger partial charge in [0.05, 0.1) is 17.6 Å². The summed E-state index contributed by atoms with van der Waals surface area (Å²) in [6.45, 7) is 0.0411. The van der Waals surface area contributed by atoms with Gasteiger partial charge in [-0.15, -0.1) is 0 Å². The molecule has 0 spiro atoms. The third-order valence-electron chi connectivity index (χ3n) is 3.97. The lowest BCUT2D eigenvalue weighted by Gasteiger charge is -2.14. The van der Waals surface area contributed by atoms with Crippen molar-refractivity contribution in [3.8, 4) is 0 Å². The highest BCUT2D eigenvalue weighted by Gasteiger charge is 2.14. The molecule has 7 heteroatoms. The SMILES string of the molecule is CNC(=O)Cn1c(=O)c(=O)n(Cc2ccc(Cl)cc2)c2ccccc21. The summed E-state index contributed by atoms with van der Waals surface area (Å²) in [6.07, 6.45) is 0. The first-order valence-corrected chi connectivity index (χ1v) is 8.06. The number of carbonyl (C=O) groups is 1. The number of para-hydroxylation sites is 2. The molecule has 128 valence electrons. The molecule has 3 aromatic rings.